The van der Waals surface area contributed by atoms with E-state index in [2.05, 4.69) is 5.32 Å². The van der Waals surface area contributed by atoms with E-state index < -0.39 is 0 Å². The summed E-state index contributed by atoms with van der Waals surface area (Å²) in [5, 5.41) is 4.06. The quantitative estimate of drug-likeness (QED) is 0.828. The van der Waals surface area contributed by atoms with Gasteiger partial charge in [0.2, 0.25) is 0 Å². The Bertz CT molecular complexity index is 297. The molecule has 0 radical (unpaired) electrons. The van der Waals surface area contributed by atoms with Gasteiger partial charge in [0.1, 0.15) is 0 Å². The van der Waals surface area contributed by atoms with E-state index >= 15 is 0 Å². The monoisotopic (exact) mass is 211 g/mol. The molecule has 1 fully saturated rings. The summed E-state index contributed by atoms with van der Waals surface area (Å²) >= 11 is 6.01. The first-order valence-electron chi connectivity index (χ1n) is 4.92. The molecular formula is C11H14ClNO. The molecule has 0 amide bonds. The highest BCUT2D eigenvalue weighted by molar-refractivity contribution is 6.31. The molecular weight excluding hydrogens is 198 g/mol. The van der Waals surface area contributed by atoms with E-state index in [1.807, 2.05) is 24.3 Å². The van der Waals surface area contributed by atoms with Crippen LogP contribution in [0.2, 0.25) is 5.02 Å². The third kappa shape index (κ3) is 2.47. The number of ether oxygens (including phenoxy) is 1. The van der Waals surface area contributed by atoms with E-state index in [0.29, 0.717) is 12.7 Å². The molecule has 0 bridgehead atoms. The molecule has 14 heavy (non-hydrogen) atoms. The Morgan fingerprint density at radius 1 is 1.43 bits per heavy atom. The Balaban J connectivity index is 1.88. The highest BCUT2D eigenvalue weighted by Crippen LogP contribution is 2.17. The molecule has 3 heteroatoms. The maximum absolute atomic E-state index is 6.01. The Morgan fingerprint density at radius 3 is 3.00 bits per heavy atom. The average molecular weight is 212 g/mol. The van der Waals surface area contributed by atoms with Gasteiger partial charge in [-0.3, -0.25) is 0 Å². The summed E-state index contributed by atoms with van der Waals surface area (Å²) in [5.74, 6) is 0. The highest BCUT2D eigenvalue weighted by Gasteiger charge is 2.14. The van der Waals surface area contributed by atoms with Crippen molar-refractivity contribution in [3.63, 3.8) is 0 Å². The van der Waals surface area contributed by atoms with E-state index in [9.17, 15) is 0 Å². The molecule has 1 atom stereocenters. The van der Waals surface area contributed by atoms with Crippen LogP contribution in [0.5, 0.6) is 0 Å². The van der Waals surface area contributed by atoms with Crippen molar-refractivity contribution in [2.45, 2.75) is 19.1 Å². The van der Waals surface area contributed by atoms with Gasteiger partial charge >= 0.3 is 0 Å². The summed E-state index contributed by atoms with van der Waals surface area (Å²) < 4.78 is 5.72. The van der Waals surface area contributed by atoms with Crippen molar-refractivity contribution in [2.24, 2.45) is 0 Å². The van der Waals surface area contributed by atoms with Gasteiger partial charge in [-0.2, -0.15) is 0 Å². The van der Waals surface area contributed by atoms with Crippen LogP contribution in [0, 0.1) is 0 Å². The maximum atomic E-state index is 6.01. The molecule has 2 rings (SSSR count). The van der Waals surface area contributed by atoms with Crippen molar-refractivity contribution in [1.82, 2.24) is 5.32 Å². The van der Waals surface area contributed by atoms with Gasteiger partial charge in [-0.1, -0.05) is 29.8 Å². The lowest BCUT2D eigenvalue weighted by Gasteiger charge is -2.11. The van der Waals surface area contributed by atoms with E-state index in [0.717, 1.165) is 30.1 Å². The van der Waals surface area contributed by atoms with Gasteiger partial charge in [0.05, 0.1) is 12.7 Å². The standard InChI is InChI=1S/C11H14ClNO/c12-11-4-2-1-3-9(11)8-14-10-5-6-13-7-10/h1-4,10,13H,5-8H2. The Morgan fingerprint density at radius 2 is 2.29 bits per heavy atom. The lowest BCUT2D eigenvalue weighted by atomic mass is 10.2. The molecule has 0 aromatic heterocycles. The molecule has 0 spiro atoms. The molecule has 1 heterocycles. The molecule has 1 N–H and O–H groups in total. The zero-order valence-electron chi connectivity index (χ0n) is 8.00. The van der Waals surface area contributed by atoms with Crippen LogP contribution in [0.1, 0.15) is 12.0 Å². The fourth-order valence-electron chi connectivity index (χ4n) is 1.59. The van der Waals surface area contributed by atoms with Gasteiger partial charge < -0.3 is 10.1 Å². The molecule has 0 aliphatic carbocycles. The van der Waals surface area contributed by atoms with Crippen molar-refractivity contribution in [3.8, 4) is 0 Å². The van der Waals surface area contributed by atoms with E-state index in [-0.39, 0.29) is 0 Å². The van der Waals surface area contributed by atoms with Gasteiger partial charge in [-0.25, -0.2) is 0 Å². The van der Waals surface area contributed by atoms with E-state index in [4.69, 9.17) is 16.3 Å². The number of benzene rings is 1. The molecule has 1 aliphatic rings. The highest BCUT2D eigenvalue weighted by atomic mass is 35.5. The fourth-order valence-corrected chi connectivity index (χ4v) is 1.78. The van der Waals surface area contributed by atoms with Crippen LogP contribution in [-0.4, -0.2) is 19.2 Å². The Kier molecular flexibility index (Phi) is 3.40. The SMILES string of the molecule is Clc1ccccc1COC1CCNC1. The van der Waals surface area contributed by atoms with Crippen LogP contribution in [0.3, 0.4) is 0 Å². The topological polar surface area (TPSA) is 21.3 Å². The molecule has 1 unspecified atom stereocenters. The number of rotatable bonds is 3. The number of halogens is 1. The second kappa shape index (κ2) is 4.78. The van der Waals surface area contributed by atoms with Gasteiger partial charge in [0.25, 0.3) is 0 Å². The minimum Gasteiger partial charge on any atom is -0.372 e. The van der Waals surface area contributed by atoms with E-state index in [1.165, 1.54) is 0 Å². The van der Waals surface area contributed by atoms with Crippen LogP contribution in [0.15, 0.2) is 24.3 Å². The largest absolute Gasteiger partial charge is 0.372 e. The van der Waals surface area contributed by atoms with Crippen LogP contribution >= 0.6 is 11.6 Å². The van der Waals surface area contributed by atoms with Crippen LogP contribution in [0.25, 0.3) is 0 Å². The average Bonchev–Trinajstić information content (AvgIpc) is 2.69. The lowest BCUT2D eigenvalue weighted by Crippen LogP contribution is -2.16. The summed E-state index contributed by atoms with van der Waals surface area (Å²) in [6.45, 7) is 2.64. The van der Waals surface area contributed by atoms with Crippen molar-refractivity contribution >= 4 is 11.6 Å². The fraction of sp³-hybridized carbons (Fsp3) is 0.455. The predicted octanol–water partition coefficient (Wildman–Crippen LogP) is 2.22. The Hall–Kier alpha value is -0.570. The van der Waals surface area contributed by atoms with Crippen molar-refractivity contribution in [1.29, 1.82) is 0 Å². The minimum absolute atomic E-state index is 0.353. The molecule has 1 saturated heterocycles. The summed E-state index contributed by atoms with van der Waals surface area (Å²) in [7, 11) is 0. The number of nitrogens with one attached hydrogen (secondary N) is 1. The zero-order valence-corrected chi connectivity index (χ0v) is 8.76. The van der Waals surface area contributed by atoms with Crippen LogP contribution in [-0.2, 0) is 11.3 Å². The second-order valence-electron chi connectivity index (χ2n) is 3.52. The Labute approximate surface area is 89.2 Å². The number of hydrogen-bond acceptors (Lipinski definition) is 2. The summed E-state index contributed by atoms with van der Waals surface area (Å²) in [5.41, 5.74) is 1.07. The molecule has 1 aromatic carbocycles. The zero-order chi connectivity index (χ0) is 9.80. The first kappa shape index (κ1) is 9.97. The molecule has 1 aliphatic heterocycles. The summed E-state index contributed by atoms with van der Waals surface area (Å²) in [4.78, 5) is 0. The lowest BCUT2D eigenvalue weighted by molar-refractivity contribution is 0.0543. The predicted molar refractivity (Wildman–Crippen MR) is 57.5 cm³/mol. The van der Waals surface area contributed by atoms with Crippen LogP contribution in [0.4, 0.5) is 0 Å². The third-order valence-electron chi connectivity index (χ3n) is 2.45. The first-order valence-corrected chi connectivity index (χ1v) is 5.30. The third-order valence-corrected chi connectivity index (χ3v) is 2.82. The van der Waals surface area contributed by atoms with Gasteiger partial charge in [0, 0.05) is 11.6 Å². The first-order chi connectivity index (χ1) is 6.86. The summed E-state index contributed by atoms with van der Waals surface area (Å²) in [6, 6.07) is 7.82. The van der Waals surface area contributed by atoms with Gasteiger partial charge in [-0.15, -0.1) is 0 Å². The van der Waals surface area contributed by atoms with Crippen molar-refractivity contribution in [2.75, 3.05) is 13.1 Å². The van der Waals surface area contributed by atoms with Gasteiger partial charge in [0.15, 0.2) is 0 Å². The normalized spacial score (nSPS) is 21.4. The maximum Gasteiger partial charge on any atom is 0.0735 e. The van der Waals surface area contributed by atoms with Crippen molar-refractivity contribution < 1.29 is 4.74 Å². The van der Waals surface area contributed by atoms with Gasteiger partial charge in [-0.05, 0) is 24.6 Å². The second-order valence-corrected chi connectivity index (χ2v) is 3.92. The number of hydrogen-bond donors (Lipinski definition) is 1. The molecule has 76 valence electrons. The molecule has 2 nitrogen and oxygen atoms in total. The van der Waals surface area contributed by atoms with Crippen LogP contribution < -0.4 is 5.32 Å². The molecule has 0 saturated carbocycles. The minimum atomic E-state index is 0.353. The molecule has 1 aromatic rings. The van der Waals surface area contributed by atoms with Crippen molar-refractivity contribution in [3.05, 3.63) is 34.9 Å². The summed E-state index contributed by atoms with van der Waals surface area (Å²) in [6.07, 6.45) is 1.45. The smallest absolute Gasteiger partial charge is 0.0735 e. The van der Waals surface area contributed by atoms with E-state index in [1.54, 1.807) is 0 Å².